The number of halogens is 1. The number of benzene rings is 2. The first kappa shape index (κ1) is 24.5. The molecule has 0 radical (unpaired) electrons. The molecule has 1 saturated heterocycles. The van der Waals surface area contributed by atoms with Crippen molar-refractivity contribution < 1.29 is 26.4 Å². The molecular formula is C20H24ClN3O6S2. The molecule has 0 spiro atoms. The molecule has 1 amide bonds. The zero-order valence-electron chi connectivity index (χ0n) is 17.6. The van der Waals surface area contributed by atoms with E-state index in [2.05, 4.69) is 5.32 Å². The van der Waals surface area contributed by atoms with Crippen molar-refractivity contribution >= 4 is 48.9 Å². The summed E-state index contributed by atoms with van der Waals surface area (Å²) >= 11 is 5.88. The number of amides is 1. The van der Waals surface area contributed by atoms with Crippen molar-refractivity contribution in [2.45, 2.75) is 17.9 Å². The molecule has 1 heterocycles. The number of nitrogens with one attached hydrogen (secondary N) is 1. The van der Waals surface area contributed by atoms with Gasteiger partial charge in [-0.25, -0.2) is 16.8 Å². The predicted molar refractivity (Wildman–Crippen MR) is 123 cm³/mol. The fourth-order valence-corrected chi connectivity index (χ4v) is 6.00. The molecule has 2 aromatic carbocycles. The molecule has 32 heavy (non-hydrogen) atoms. The molecule has 0 aromatic heterocycles. The average Bonchev–Trinajstić information content (AvgIpc) is 2.75. The van der Waals surface area contributed by atoms with Crippen LogP contribution in [0.3, 0.4) is 0 Å². The molecule has 0 aliphatic carbocycles. The summed E-state index contributed by atoms with van der Waals surface area (Å²) in [6, 6.07) is 10.8. The van der Waals surface area contributed by atoms with E-state index in [1.165, 1.54) is 59.8 Å². The topological polar surface area (TPSA) is 113 Å². The minimum absolute atomic E-state index is 0.101. The number of morpholine rings is 1. The molecule has 2 aromatic rings. The number of nitrogens with zero attached hydrogens (tertiary/aromatic N) is 2. The normalized spacial score (nSPS) is 16.3. The largest absolute Gasteiger partial charge is 0.379 e. The Kier molecular flexibility index (Phi) is 7.46. The molecule has 1 atom stereocenters. The SMILES string of the molecule is CC(C(=O)Nc1ccc(S(=O)(=O)N2CCOCC2)cc1)N(c1ccc(Cl)cc1)S(C)(=O)=O. The van der Waals surface area contributed by atoms with E-state index in [4.69, 9.17) is 16.3 Å². The van der Waals surface area contributed by atoms with Crippen molar-refractivity contribution in [2.75, 3.05) is 42.2 Å². The van der Waals surface area contributed by atoms with Crippen LogP contribution < -0.4 is 9.62 Å². The van der Waals surface area contributed by atoms with Crippen molar-refractivity contribution in [3.8, 4) is 0 Å². The number of sulfonamides is 2. The zero-order valence-corrected chi connectivity index (χ0v) is 20.0. The molecule has 1 fully saturated rings. The minimum Gasteiger partial charge on any atom is -0.379 e. The van der Waals surface area contributed by atoms with Crippen molar-refractivity contribution in [2.24, 2.45) is 0 Å². The van der Waals surface area contributed by atoms with E-state index in [-0.39, 0.29) is 18.0 Å². The Morgan fingerprint density at radius 1 is 1.03 bits per heavy atom. The molecule has 1 aliphatic heterocycles. The van der Waals surface area contributed by atoms with Crippen LogP contribution in [-0.4, -0.2) is 65.6 Å². The molecule has 174 valence electrons. The van der Waals surface area contributed by atoms with Crippen molar-refractivity contribution in [1.29, 1.82) is 0 Å². The maximum Gasteiger partial charge on any atom is 0.247 e. The molecular weight excluding hydrogens is 478 g/mol. The Hall–Kier alpha value is -2.18. The Labute approximate surface area is 193 Å². The van der Waals surface area contributed by atoms with Crippen LogP contribution in [0, 0.1) is 0 Å². The Morgan fingerprint density at radius 3 is 2.12 bits per heavy atom. The molecule has 1 N–H and O–H groups in total. The lowest BCUT2D eigenvalue weighted by Crippen LogP contribution is -2.45. The summed E-state index contributed by atoms with van der Waals surface area (Å²) in [4.78, 5) is 12.9. The van der Waals surface area contributed by atoms with Gasteiger partial charge in [-0.05, 0) is 55.5 Å². The number of ether oxygens (including phenoxy) is 1. The van der Waals surface area contributed by atoms with Crippen LogP contribution in [0.15, 0.2) is 53.4 Å². The quantitative estimate of drug-likeness (QED) is 0.622. The van der Waals surface area contributed by atoms with Crippen LogP contribution in [0.25, 0.3) is 0 Å². The molecule has 1 unspecified atom stereocenters. The lowest BCUT2D eigenvalue weighted by atomic mass is 10.2. The van der Waals surface area contributed by atoms with Gasteiger partial charge < -0.3 is 10.1 Å². The second kappa shape index (κ2) is 9.75. The van der Waals surface area contributed by atoms with Crippen LogP contribution in [0.4, 0.5) is 11.4 Å². The predicted octanol–water partition coefficient (Wildman–Crippen LogP) is 2.15. The summed E-state index contributed by atoms with van der Waals surface area (Å²) in [7, 11) is -7.43. The third-order valence-corrected chi connectivity index (χ3v) is 8.31. The first-order valence-corrected chi connectivity index (χ1v) is 13.4. The van der Waals surface area contributed by atoms with Gasteiger partial charge in [0.15, 0.2) is 0 Å². The number of rotatable bonds is 7. The van der Waals surface area contributed by atoms with Crippen LogP contribution in [-0.2, 0) is 29.6 Å². The summed E-state index contributed by atoms with van der Waals surface area (Å²) in [6.45, 7) is 2.71. The van der Waals surface area contributed by atoms with E-state index >= 15 is 0 Å². The number of anilines is 2. The highest BCUT2D eigenvalue weighted by Crippen LogP contribution is 2.24. The van der Waals surface area contributed by atoms with Crippen LogP contribution in [0.2, 0.25) is 5.02 Å². The van der Waals surface area contributed by atoms with Gasteiger partial charge in [-0.2, -0.15) is 4.31 Å². The Balaban J connectivity index is 1.76. The van der Waals surface area contributed by atoms with Crippen molar-refractivity contribution in [1.82, 2.24) is 4.31 Å². The second-order valence-electron chi connectivity index (χ2n) is 7.24. The second-order valence-corrected chi connectivity index (χ2v) is 11.5. The molecule has 3 rings (SSSR count). The highest BCUT2D eigenvalue weighted by molar-refractivity contribution is 7.92. The van der Waals surface area contributed by atoms with E-state index in [0.29, 0.717) is 29.6 Å². The van der Waals surface area contributed by atoms with E-state index in [9.17, 15) is 21.6 Å². The number of hydrogen-bond donors (Lipinski definition) is 1. The monoisotopic (exact) mass is 501 g/mol. The fourth-order valence-electron chi connectivity index (χ4n) is 3.29. The van der Waals surface area contributed by atoms with Gasteiger partial charge in [-0.1, -0.05) is 11.6 Å². The van der Waals surface area contributed by atoms with Crippen LogP contribution >= 0.6 is 11.6 Å². The van der Waals surface area contributed by atoms with Gasteiger partial charge in [0, 0.05) is 23.8 Å². The van der Waals surface area contributed by atoms with Gasteiger partial charge in [0.05, 0.1) is 30.1 Å². The number of carbonyl (C=O) groups excluding carboxylic acids is 1. The minimum atomic E-state index is -3.77. The van der Waals surface area contributed by atoms with Gasteiger partial charge in [0.25, 0.3) is 0 Å². The molecule has 1 aliphatic rings. The number of carbonyl (C=O) groups is 1. The standard InChI is InChI=1S/C20H24ClN3O6S2/c1-15(24(31(2,26)27)18-7-3-16(21)4-8-18)20(25)22-17-5-9-19(10-6-17)32(28,29)23-11-13-30-14-12-23/h3-10,15H,11-14H2,1-2H3,(H,22,25). The average molecular weight is 502 g/mol. The van der Waals surface area contributed by atoms with E-state index in [1.807, 2.05) is 0 Å². The fraction of sp³-hybridized carbons (Fsp3) is 0.350. The van der Waals surface area contributed by atoms with Crippen LogP contribution in [0.1, 0.15) is 6.92 Å². The highest BCUT2D eigenvalue weighted by atomic mass is 35.5. The maximum atomic E-state index is 12.8. The summed E-state index contributed by atoms with van der Waals surface area (Å²) < 4.78 is 57.7. The smallest absolute Gasteiger partial charge is 0.247 e. The van der Waals surface area contributed by atoms with E-state index in [0.717, 1.165) is 10.6 Å². The van der Waals surface area contributed by atoms with E-state index < -0.39 is 32.0 Å². The van der Waals surface area contributed by atoms with Gasteiger partial charge in [-0.15, -0.1) is 0 Å². The van der Waals surface area contributed by atoms with Gasteiger partial charge in [0.2, 0.25) is 26.0 Å². The summed E-state index contributed by atoms with van der Waals surface area (Å²) in [6.07, 6.45) is 1.01. The zero-order chi connectivity index (χ0) is 23.5. The van der Waals surface area contributed by atoms with Crippen molar-refractivity contribution in [3.05, 3.63) is 53.6 Å². The molecule has 0 bridgehead atoms. The van der Waals surface area contributed by atoms with Gasteiger partial charge >= 0.3 is 0 Å². The maximum absolute atomic E-state index is 12.8. The highest BCUT2D eigenvalue weighted by Gasteiger charge is 2.30. The lowest BCUT2D eigenvalue weighted by molar-refractivity contribution is -0.116. The molecule has 12 heteroatoms. The molecule has 0 saturated carbocycles. The molecule has 9 nitrogen and oxygen atoms in total. The van der Waals surface area contributed by atoms with Gasteiger partial charge in [0.1, 0.15) is 6.04 Å². The van der Waals surface area contributed by atoms with E-state index in [1.54, 1.807) is 0 Å². The van der Waals surface area contributed by atoms with Gasteiger partial charge in [-0.3, -0.25) is 9.10 Å². The first-order valence-electron chi connectivity index (χ1n) is 9.74. The summed E-state index contributed by atoms with van der Waals surface area (Å²) in [5.74, 6) is -0.575. The van der Waals surface area contributed by atoms with Crippen LogP contribution in [0.5, 0.6) is 0 Å². The Bertz CT molecular complexity index is 1160. The summed E-state index contributed by atoms with van der Waals surface area (Å²) in [5.41, 5.74) is 0.638. The first-order chi connectivity index (χ1) is 15.0. The Morgan fingerprint density at radius 2 is 1.59 bits per heavy atom. The third-order valence-electron chi connectivity index (χ3n) is 4.90. The summed E-state index contributed by atoms with van der Waals surface area (Å²) in [5, 5.41) is 3.07. The third kappa shape index (κ3) is 5.59. The van der Waals surface area contributed by atoms with Crippen molar-refractivity contribution in [3.63, 3.8) is 0 Å². The lowest BCUT2D eigenvalue weighted by Gasteiger charge is -2.28. The number of hydrogen-bond acceptors (Lipinski definition) is 6.